The summed E-state index contributed by atoms with van der Waals surface area (Å²) in [6.07, 6.45) is 5.19. The average Bonchev–Trinajstić information content (AvgIpc) is 2.42. The summed E-state index contributed by atoms with van der Waals surface area (Å²) in [4.78, 5) is 2.48. The lowest BCUT2D eigenvalue weighted by Crippen LogP contribution is -2.57. The summed E-state index contributed by atoms with van der Waals surface area (Å²) in [7, 11) is 2.23. The molecule has 1 aliphatic carbocycles. The largest absolute Gasteiger partial charge is 0.329 e. The van der Waals surface area contributed by atoms with Crippen molar-refractivity contribution in [3.8, 4) is 0 Å². The maximum absolute atomic E-state index is 6.17. The lowest BCUT2D eigenvalue weighted by Gasteiger charge is -2.48. The van der Waals surface area contributed by atoms with E-state index in [0.29, 0.717) is 5.92 Å². The van der Waals surface area contributed by atoms with Gasteiger partial charge in [0.1, 0.15) is 0 Å². The van der Waals surface area contributed by atoms with Crippen molar-refractivity contribution >= 4 is 15.9 Å². The lowest BCUT2D eigenvalue weighted by atomic mass is 9.72. The third kappa shape index (κ3) is 3.04. The third-order valence-electron chi connectivity index (χ3n) is 4.89. The van der Waals surface area contributed by atoms with Gasteiger partial charge in [-0.1, -0.05) is 53.9 Å². The Kier molecular flexibility index (Phi) is 5.04. The molecule has 1 aromatic carbocycles. The van der Waals surface area contributed by atoms with Crippen LogP contribution in [0.2, 0.25) is 0 Å². The maximum atomic E-state index is 6.17. The van der Waals surface area contributed by atoms with E-state index >= 15 is 0 Å². The number of hydrogen-bond acceptors (Lipinski definition) is 2. The Morgan fingerprint density at radius 1 is 1.37 bits per heavy atom. The Morgan fingerprint density at radius 2 is 2.11 bits per heavy atom. The van der Waals surface area contributed by atoms with Crippen molar-refractivity contribution in [2.75, 3.05) is 13.6 Å². The van der Waals surface area contributed by atoms with Gasteiger partial charge in [-0.3, -0.25) is 4.90 Å². The average molecular weight is 325 g/mol. The Morgan fingerprint density at radius 3 is 2.74 bits per heavy atom. The molecule has 106 valence electrons. The molecule has 1 aromatic rings. The van der Waals surface area contributed by atoms with Crippen LogP contribution in [0.1, 0.15) is 38.2 Å². The van der Waals surface area contributed by atoms with Crippen molar-refractivity contribution < 1.29 is 0 Å². The highest BCUT2D eigenvalue weighted by atomic mass is 79.9. The predicted octanol–water partition coefficient (Wildman–Crippen LogP) is 3.79. The second-order valence-electron chi connectivity index (χ2n) is 5.90. The van der Waals surface area contributed by atoms with E-state index in [1.165, 1.54) is 35.7 Å². The highest BCUT2D eigenvalue weighted by Gasteiger charge is 2.40. The van der Waals surface area contributed by atoms with Crippen LogP contribution >= 0.6 is 15.9 Å². The van der Waals surface area contributed by atoms with Crippen molar-refractivity contribution in [3.05, 3.63) is 34.3 Å². The van der Waals surface area contributed by atoms with Gasteiger partial charge in [-0.25, -0.2) is 0 Å². The number of hydrogen-bond donors (Lipinski definition) is 1. The highest BCUT2D eigenvalue weighted by molar-refractivity contribution is 9.10. The summed E-state index contributed by atoms with van der Waals surface area (Å²) in [5.74, 6) is 0.679. The minimum atomic E-state index is 0.174. The first-order valence-corrected chi connectivity index (χ1v) is 8.04. The van der Waals surface area contributed by atoms with Crippen LogP contribution in [0, 0.1) is 5.92 Å². The molecule has 0 saturated heterocycles. The minimum Gasteiger partial charge on any atom is -0.329 e. The van der Waals surface area contributed by atoms with Gasteiger partial charge in [-0.15, -0.1) is 0 Å². The van der Waals surface area contributed by atoms with Gasteiger partial charge in [0.05, 0.1) is 0 Å². The molecule has 1 fully saturated rings. The van der Waals surface area contributed by atoms with Crippen LogP contribution in [0.4, 0.5) is 0 Å². The third-order valence-corrected chi connectivity index (χ3v) is 5.67. The van der Waals surface area contributed by atoms with E-state index in [9.17, 15) is 0 Å². The summed E-state index contributed by atoms with van der Waals surface area (Å²) >= 11 is 3.65. The normalized spacial score (nSPS) is 27.7. The molecule has 2 nitrogen and oxygen atoms in total. The smallest absolute Gasteiger partial charge is 0.0357 e. The van der Waals surface area contributed by atoms with Crippen molar-refractivity contribution in [3.63, 3.8) is 0 Å². The quantitative estimate of drug-likeness (QED) is 0.913. The Balaban J connectivity index is 2.17. The summed E-state index contributed by atoms with van der Waals surface area (Å²) in [5.41, 5.74) is 7.69. The molecule has 1 aliphatic rings. The molecule has 0 heterocycles. The monoisotopic (exact) mass is 324 g/mol. The highest BCUT2D eigenvalue weighted by Crippen LogP contribution is 2.38. The molecule has 2 unspecified atom stereocenters. The maximum Gasteiger partial charge on any atom is 0.0357 e. The zero-order valence-electron chi connectivity index (χ0n) is 12.0. The SMILES string of the molecule is CC1CCCCC1(CN)N(C)Cc1ccccc1Br. The molecule has 2 atom stereocenters. The fourth-order valence-electron chi connectivity index (χ4n) is 3.46. The molecule has 0 bridgehead atoms. The number of nitrogens with zero attached hydrogens (tertiary/aromatic N) is 1. The van der Waals surface area contributed by atoms with E-state index < -0.39 is 0 Å². The second-order valence-corrected chi connectivity index (χ2v) is 6.76. The van der Waals surface area contributed by atoms with Crippen molar-refractivity contribution in [1.82, 2.24) is 4.90 Å². The lowest BCUT2D eigenvalue weighted by molar-refractivity contribution is 0.0277. The summed E-state index contributed by atoms with van der Waals surface area (Å²) in [6, 6.07) is 8.48. The number of rotatable bonds is 4. The first kappa shape index (κ1) is 15.0. The van der Waals surface area contributed by atoms with E-state index in [1.807, 2.05) is 0 Å². The van der Waals surface area contributed by atoms with Gasteiger partial charge in [0, 0.05) is 23.1 Å². The van der Waals surface area contributed by atoms with Crippen LogP contribution in [-0.2, 0) is 6.54 Å². The zero-order chi connectivity index (χ0) is 13.9. The summed E-state index contributed by atoms with van der Waals surface area (Å²) in [5, 5.41) is 0. The van der Waals surface area contributed by atoms with E-state index in [2.05, 4.69) is 59.1 Å². The molecule has 0 radical (unpaired) electrons. The summed E-state index contributed by atoms with van der Waals surface area (Å²) < 4.78 is 1.19. The van der Waals surface area contributed by atoms with Gasteiger partial charge in [-0.05, 0) is 37.4 Å². The zero-order valence-corrected chi connectivity index (χ0v) is 13.6. The molecule has 0 aliphatic heterocycles. The standard InChI is InChI=1S/C16H25BrN2/c1-13-7-5-6-10-16(13,12-18)19(2)11-14-8-3-4-9-15(14)17/h3-4,8-9,13H,5-7,10-12,18H2,1-2H3. The Bertz CT molecular complexity index is 421. The predicted molar refractivity (Wildman–Crippen MR) is 85.0 cm³/mol. The van der Waals surface area contributed by atoms with Crippen LogP contribution in [0.15, 0.2) is 28.7 Å². The van der Waals surface area contributed by atoms with Crippen LogP contribution in [-0.4, -0.2) is 24.0 Å². The van der Waals surface area contributed by atoms with E-state index in [4.69, 9.17) is 5.73 Å². The molecular formula is C16H25BrN2. The van der Waals surface area contributed by atoms with Gasteiger partial charge in [0.2, 0.25) is 0 Å². The number of halogens is 1. The van der Waals surface area contributed by atoms with Crippen LogP contribution in [0.25, 0.3) is 0 Å². The van der Waals surface area contributed by atoms with E-state index in [-0.39, 0.29) is 5.54 Å². The van der Waals surface area contributed by atoms with E-state index in [0.717, 1.165) is 13.1 Å². The number of benzene rings is 1. The van der Waals surface area contributed by atoms with Crippen molar-refractivity contribution in [2.24, 2.45) is 11.7 Å². The molecule has 2 rings (SSSR count). The van der Waals surface area contributed by atoms with Gasteiger partial charge in [0.15, 0.2) is 0 Å². The molecule has 0 amide bonds. The Hall–Kier alpha value is -0.380. The topological polar surface area (TPSA) is 29.3 Å². The summed E-state index contributed by atoms with van der Waals surface area (Å²) in [6.45, 7) is 4.08. The Labute approximate surface area is 125 Å². The molecule has 3 heteroatoms. The van der Waals surface area contributed by atoms with Crippen molar-refractivity contribution in [2.45, 2.75) is 44.7 Å². The minimum absolute atomic E-state index is 0.174. The number of nitrogens with two attached hydrogens (primary N) is 1. The van der Waals surface area contributed by atoms with Gasteiger partial charge in [-0.2, -0.15) is 0 Å². The second kappa shape index (κ2) is 6.38. The molecule has 1 saturated carbocycles. The molecule has 2 N–H and O–H groups in total. The molecular weight excluding hydrogens is 300 g/mol. The van der Waals surface area contributed by atoms with E-state index in [1.54, 1.807) is 0 Å². The van der Waals surface area contributed by atoms with Gasteiger partial charge < -0.3 is 5.73 Å². The number of likely N-dealkylation sites (N-methyl/N-ethyl adjacent to an activating group) is 1. The molecule has 19 heavy (non-hydrogen) atoms. The van der Waals surface area contributed by atoms with Crippen LogP contribution in [0.5, 0.6) is 0 Å². The van der Waals surface area contributed by atoms with Gasteiger partial charge in [0.25, 0.3) is 0 Å². The van der Waals surface area contributed by atoms with Crippen molar-refractivity contribution in [1.29, 1.82) is 0 Å². The fraction of sp³-hybridized carbons (Fsp3) is 0.625. The van der Waals surface area contributed by atoms with Crippen LogP contribution in [0.3, 0.4) is 0 Å². The molecule has 0 aromatic heterocycles. The fourth-order valence-corrected chi connectivity index (χ4v) is 3.87. The van der Waals surface area contributed by atoms with Crippen LogP contribution < -0.4 is 5.73 Å². The molecule has 0 spiro atoms. The first-order valence-electron chi connectivity index (χ1n) is 7.25. The van der Waals surface area contributed by atoms with Gasteiger partial charge >= 0.3 is 0 Å². The first-order chi connectivity index (χ1) is 9.10.